The van der Waals surface area contributed by atoms with Crippen LogP contribution in [0.15, 0.2) is 24.3 Å². The average Bonchev–Trinajstić information content (AvgIpc) is 2.18. The molecule has 1 aromatic rings. The van der Waals surface area contributed by atoms with E-state index in [4.69, 9.17) is 16.3 Å². The van der Waals surface area contributed by atoms with Crippen molar-refractivity contribution in [3.05, 3.63) is 24.3 Å². The minimum atomic E-state index is -4.73. The van der Waals surface area contributed by atoms with Gasteiger partial charge in [0.2, 0.25) is 0 Å². The number of hydrogen-bond acceptors (Lipinski definition) is 3. The van der Waals surface area contributed by atoms with Crippen LogP contribution in [0.5, 0.6) is 11.5 Å². The van der Waals surface area contributed by atoms with Crippen molar-refractivity contribution in [2.45, 2.75) is 19.4 Å². The first-order valence-electron chi connectivity index (χ1n) is 4.50. The van der Waals surface area contributed by atoms with Crippen LogP contribution in [-0.4, -0.2) is 17.7 Å². The van der Waals surface area contributed by atoms with Crippen molar-refractivity contribution in [1.82, 2.24) is 0 Å². The van der Waals surface area contributed by atoms with Crippen LogP contribution in [0.4, 0.5) is 13.2 Å². The van der Waals surface area contributed by atoms with Gasteiger partial charge in [-0.15, -0.1) is 13.2 Å². The molecule has 0 fully saturated rings. The van der Waals surface area contributed by atoms with E-state index >= 15 is 0 Å². The van der Waals surface area contributed by atoms with E-state index in [0.29, 0.717) is 0 Å². The summed E-state index contributed by atoms with van der Waals surface area (Å²) in [6, 6.07) is 4.65. The number of alkyl halides is 3. The molecule has 1 rings (SSSR count). The molecule has 0 saturated heterocycles. The highest BCUT2D eigenvalue weighted by atomic mass is 35.5. The van der Waals surface area contributed by atoms with Crippen LogP contribution in [0, 0.1) is 0 Å². The van der Waals surface area contributed by atoms with Gasteiger partial charge in [-0.1, -0.05) is 0 Å². The Kier molecular flexibility index (Phi) is 4.22. The fraction of sp³-hybridized carbons (Fsp3) is 0.300. The fourth-order valence-electron chi connectivity index (χ4n) is 0.970. The first-order chi connectivity index (χ1) is 7.78. The lowest BCUT2D eigenvalue weighted by molar-refractivity contribution is -0.274. The lowest BCUT2D eigenvalue weighted by atomic mass is 10.3. The van der Waals surface area contributed by atoms with E-state index in [1.165, 1.54) is 19.1 Å². The Morgan fingerprint density at radius 1 is 1.24 bits per heavy atom. The molecule has 0 heterocycles. The molecule has 1 atom stereocenters. The zero-order chi connectivity index (χ0) is 13.1. The maximum Gasteiger partial charge on any atom is 0.573 e. The van der Waals surface area contributed by atoms with Crippen molar-refractivity contribution in [2.24, 2.45) is 0 Å². The number of carbonyl (C=O) groups is 1. The van der Waals surface area contributed by atoms with Gasteiger partial charge in [0.05, 0.1) is 0 Å². The van der Waals surface area contributed by atoms with Gasteiger partial charge in [0.25, 0.3) is 5.24 Å². The summed E-state index contributed by atoms with van der Waals surface area (Å²) in [6.07, 6.45) is -5.60. The van der Waals surface area contributed by atoms with Crippen LogP contribution >= 0.6 is 11.6 Å². The number of hydrogen-bond donors (Lipinski definition) is 0. The normalized spacial score (nSPS) is 13.0. The number of benzene rings is 1. The topological polar surface area (TPSA) is 35.5 Å². The van der Waals surface area contributed by atoms with Gasteiger partial charge < -0.3 is 9.47 Å². The first-order valence-corrected chi connectivity index (χ1v) is 4.87. The molecule has 94 valence electrons. The Balaban J connectivity index is 2.65. The van der Waals surface area contributed by atoms with Crippen LogP contribution in [0.2, 0.25) is 0 Å². The van der Waals surface area contributed by atoms with Crippen LogP contribution in [0.3, 0.4) is 0 Å². The molecule has 1 unspecified atom stereocenters. The lowest BCUT2D eigenvalue weighted by Gasteiger charge is -2.12. The molecule has 0 aliphatic heterocycles. The summed E-state index contributed by atoms with van der Waals surface area (Å²) in [4.78, 5) is 10.7. The van der Waals surface area contributed by atoms with Gasteiger partial charge in [-0.25, -0.2) is 0 Å². The Hall–Kier alpha value is -1.43. The minimum absolute atomic E-state index is 0.223. The maximum atomic E-state index is 11.8. The molecule has 0 spiro atoms. The van der Waals surface area contributed by atoms with Gasteiger partial charge in [0, 0.05) is 0 Å². The Labute approximate surface area is 100 Å². The monoisotopic (exact) mass is 268 g/mol. The number of carbonyl (C=O) groups excluding carboxylic acids is 1. The Morgan fingerprint density at radius 3 is 2.12 bits per heavy atom. The van der Waals surface area contributed by atoms with Crippen molar-refractivity contribution < 1.29 is 27.4 Å². The highest BCUT2D eigenvalue weighted by Crippen LogP contribution is 2.25. The largest absolute Gasteiger partial charge is 0.573 e. The number of rotatable bonds is 4. The molecule has 0 N–H and O–H groups in total. The molecular weight excluding hydrogens is 261 g/mol. The van der Waals surface area contributed by atoms with E-state index in [1.807, 2.05) is 0 Å². The summed E-state index contributed by atoms with van der Waals surface area (Å²) in [5, 5.41) is -0.694. The number of halogens is 4. The van der Waals surface area contributed by atoms with Crippen LogP contribution < -0.4 is 9.47 Å². The van der Waals surface area contributed by atoms with Crippen LogP contribution in [0.25, 0.3) is 0 Å². The zero-order valence-corrected chi connectivity index (χ0v) is 9.38. The SMILES string of the molecule is CC(Oc1ccc(OC(F)(F)F)cc1)C(=O)Cl. The summed E-state index contributed by atoms with van der Waals surface area (Å²) in [5.41, 5.74) is 0. The molecule has 0 aromatic heterocycles. The number of ether oxygens (including phenoxy) is 2. The minimum Gasteiger partial charge on any atom is -0.482 e. The molecular formula is C10H8ClF3O3. The summed E-state index contributed by atoms with van der Waals surface area (Å²) in [7, 11) is 0. The van der Waals surface area contributed by atoms with Gasteiger partial charge in [0.1, 0.15) is 11.5 Å². The predicted octanol–water partition coefficient (Wildman–Crippen LogP) is 3.12. The van der Waals surface area contributed by atoms with E-state index in [9.17, 15) is 18.0 Å². The zero-order valence-electron chi connectivity index (χ0n) is 8.62. The molecule has 1 aromatic carbocycles. The smallest absolute Gasteiger partial charge is 0.482 e. The molecule has 17 heavy (non-hydrogen) atoms. The fourth-order valence-corrected chi connectivity index (χ4v) is 1.01. The quantitative estimate of drug-likeness (QED) is 0.787. The van der Waals surface area contributed by atoms with Gasteiger partial charge >= 0.3 is 6.36 Å². The van der Waals surface area contributed by atoms with Gasteiger partial charge in [-0.2, -0.15) is 0 Å². The van der Waals surface area contributed by atoms with Crippen molar-refractivity contribution in [1.29, 1.82) is 0 Å². The van der Waals surface area contributed by atoms with Crippen molar-refractivity contribution in [3.8, 4) is 11.5 Å². The van der Waals surface area contributed by atoms with Crippen LogP contribution in [0.1, 0.15) is 6.92 Å². The molecule has 0 amide bonds. The van der Waals surface area contributed by atoms with Gasteiger partial charge in [-0.05, 0) is 42.8 Å². The van der Waals surface area contributed by atoms with E-state index in [1.54, 1.807) is 0 Å². The second-order valence-corrected chi connectivity index (χ2v) is 3.46. The molecule has 0 aliphatic carbocycles. The predicted molar refractivity (Wildman–Crippen MR) is 54.1 cm³/mol. The molecule has 3 nitrogen and oxygen atoms in total. The highest BCUT2D eigenvalue weighted by Gasteiger charge is 2.31. The first kappa shape index (κ1) is 13.6. The van der Waals surface area contributed by atoms with Crippen molar-refractivity contribution in [2.75, 3.05) is 0 Å². The maximum absolute atomic E-state index is 11.8. The Morgan fingerprint density at radius 2 is 1.71 bits per heavy atom. The molecule has 0 radical (unpaired) electrons. The van der Waals surface area contributed by atoms with E-state index in [-0.39, 0.29) is 11.5 Å². The second-order valence-electron chi connectivity index (χ2n) is 3.08. The molecule has 7 heteroatoms. The summed E-state index contributed by atoms with van der Waals surface area (Å²) < 4.78 is 44.2. The third kappa shape index (κ3) is 4.95. The lowest BCUT2D eigenvalue weighted by Crippen LogP contribution is -2.19. The standard InChI is InChI=1S/C10H8ClF3O3/c1-6(9(11)15)16-7-2-4-8(5-3-7)17-10(12,13)14/h2-6H,1H3. The Bertz CT molecular complexity index is 389. The van der Waals surface area contributed by atoms with E-state index in [0.717, 1.165) is 12.1 Å². The van der Waals surface area contributed by atoms with Crippen molar-refractivity contribution >= 4 is 16.8 Å². The van der Waals surface area contributed by atoms with Crippen molar-refractivity contribution in [3.63, 3.8) is 0 Å². The van der Waals surface area contributed by atoms with Gasteiger partial charge in [0.15, 0.2) is 6.10 Å². The third-order valence-corrected chi connectivity index (χ3v) is 2.00. The summed E-state index contributed by atoms with van der Waals surface area (Å²) in [5.74, 6) is -0.143. The molecule has 0 saturated carbocycles. The van der Waals surface area contributed by atoms with E-state index < -0.39 is 17.7 Å². The molecule has 0 aliphatic rings. The highest BCUT2D eigenvalue weighted by molar-refractivity contribution is 6.64. The third-order valence-electron chi connectivity index (χ3n) is 1.69. The summed E-state index contributed by atoms with van der Waals surface area (Å²) in [6.45, 7) is 1.43. The second kappa shape index (κ2) is 5.27. The van der Waals surface area contributed by atoms with Gasteiger partial charge in [-0.3, -0.25) is 4.79 Å². The van der Waals surface area contributed by atoms with Crippen LogP contribution in [-0.2, 0) is 4.79 Å². The van der Waals surface area contributed by atoms with E-state index in [2.05, 4.69) is 4.74 Å². The summed E-state index contributed by atoms with van der Waals surface area (Å²) >= 11 is 5.16. The average molecular weight is 269 g/mol. The molecule has 0 bridgehead atoms.